The second-order valence-electron chi connectivity index (χ2n) is 7.50. The average molecular weight is 363 g/mol. The summed E-state index contributed by atoms with van der Waals surface area (Å²) in [4.78, 5) is 0. The maximum atomic E-state index is 2.35. The Kier molecular flexibility index (Phi) is 3.80. The van der Waals surface area contributed by atoms with Crippen LogP contribution in [-0.2, 0) is 14.1 Å². The Balaban J connectivity index is 1.81. The summed E-state index contributed by atoms with van der Waals surface area (Å²) in [5, 5.41) is 2.61. The summed E-state index contributed by atoms with van der Waals surface area (Å²) >= 11 is 0. The van der Waals surface area contributed by atoms with E-state index in [-0.39, 0.29) is 0 Å². The van der Waals surface area contributed by atoms with Crippen LogP contribution < -0.4 is 4.57 Å². The van der Waals surface area contributed by atoms with Crippen molar-refractivity contribution < 1.29 is 4.57 Å². The van der Waals surface area contributed by atoms with Gasteiger partial charge in [-0.25, -0.2) is 4.57 Å². The van der Waals surface area contributed by atoms with Crippen LogP contribution in [-0.4, -0.2) is 4.57 Å². The van der Waals surface area contributed by atoms with Gasteiger partial charge in [-0.15, -0.1) is 0 Å². The molecule has 2 nitrogen and oxygen atoms in total. The molecular weight excluding hydrogens is 340 g/mol. The molecule has 0 saturated heterocycles. The molecule has 28 heavy (non-hydrogen) atoms. The summed E-state index contributed by atoms with van der Waals surface area (Å²) in [7, 11) is 4.26. The van der Waals surface area contributed by atoms with Crippen molar-refractivity contribution in [3.63, 3.8) is 0 Å². The molecular formula is C26H23N2+. The minimum atomic E-state index is 1.23. The Morgan fingerprint density at radius 1 is 0.750 bits per heavy atom. The molecule has 136 valence electrons. The molecule has 0 bridgehead atoms. The van der Waals surface area contributed by atoms with Gasteiger partial charge in [0, 0.05) is 41.0 Å². The molecule has 0 amide bonds. The number of rotatable bonds is 2. The number of nitrogens with zero attached hydrogens (tertiary/aromatic N) is 2. The second kappa shape index (κ2) is 6.35. The van der Waals surface area contributed by atoms with Crippen LogP contribution in [0.2, 0.25) is 0 Å². The van der Waals surface area contributed by atoms with Gasteiger partial charge in [0.25, 0.3) is 0 Å². The molecule has 2 aromatic heterocycles. The lowest BCUT2D eigenvalue weighted by atomic mass is 9.92. The molecule has 5 aromatic rings. The van der Waals surface area contributed by atoms with Gasteiger partial charge in [0.05, 0.1) is 5.56 Å². The number of para-hydroxylation sites is 1. The fourth-order valence-corrected chi connectivity index (χ4v) is 4.37. The van der Waals surface area contributed by atoms with E-state index in [1.165, 1.54) is 49.8 Å². The second-order valence-corrected chi connectivity index (χ2v) is 7.50. The van der Waals surface area contributed by atoms with Crippen LogP contribution >= 0.6 is 0 Å². The third-order valence-corrected chi connectivity index (χ3v) is 5.81. The Bertz CT molecular complexity index is 1340. The molecule has 2 heteroatoms. The van der Waals surface area contributed by atoms with Crippen molar-refractivity contribution in [2.75, 3.05) is 0 Å². The van der Waals surface area contributed by atoms with Gasteiger partial charge in [0.15, 0.2) is 6.20 Å². The lowest BCUT2D eigenvalue weighted by Crippen LogP contribution is -2.30. The Hall–Kier alpha value is -3.39. The molecule has 0 aliphatic carbocycles. The quantitative estimate of drug-likeness (QED) is 0.351. The maximum Gasteiger partial charge on any atom is 0.213 e. The molecule has 5 rings (SSSR count). The first-order valence-electron chi connectivity index (χ1n) is 9.67. The SMILES string of the molecule is Cc1cccc(-c2ccc3c(c2)c2ccccc2n3C)c1-c1cccc[n+]1C. The van der Waals surface area contributed by atoms with E-state index in [9.17, 15) is 0 Å². The molecule has 0 aliphatic rings. The van der Waals surface area contributed by atoms with E-state index in [2.05, 4.69) is 115 Å². The van der Waals surface area contributed by atoms with Crippen LogP contribution in [0.5, 0.6) is 0 Å². The van der Waals surface area contributed by atoms with E-state index in [0.29, 0.717) is 0 Å². The standard InChI is InChI=1S/C26H23N2/c1-18-9-8-11-20(26(18)25-13-6-7-16-27(25)2)19-14-15-24-22(17-19)21-10-4-5-12-23(21)28(24)3/h4-17H,1-3H3/q+1. The van der Waals surface area contributed by atoms with E-state index >= 15 is 0 Å². The summed E-state index contributed by atoms with van der Waals surface area (Å²) in [5.41, 5.74) is 8.89. The lowest BCUT2D eigenvalue weighted by molar-refractivity contribution is -0.660. The Morgan fingerprint density at radius 2 is 1.54 bits per heavy atom. The number of aromatic nitrogens is 2. The number of hydrogen-bond acceptors (Lipinski definition) is 0. The van der Waals surface area contributed by atoms with Gasteiger partial charge in [0.2, 0.25) is 5.69 Å². The molecule has 0 unspecified atom stereocenters. The number of aryl methyl sites for hydroxylation is 3. The largest absolute Gasteiger partial charge is 0.344 e. The van der Waals surface area contributed by atoms with E-state index in [0.717, 1.165) is 0 Å². The Labute approximate surface area is 165 Å². The van der Waals surface area contributed by atoms with Gasteiger partial charge in [0.1, 0.15) is 7.05 Å². The predicted octanol–water partition coefficient (Wildman–Crippen LogP) is 5.80. The van der Waals surface area contributed by atoms with Crippen molar-refractivity contribution in [2.45, 2.75) is 6.92 Å². The third kappa shape index (κ3) is 2.45. The van der Waals surface area contributed by atoms with Crippen molar-refractivity contribution >= 4 is 21.8 Å². The van der Waals surface area contributed by atoms with Crippen LogP contribution in [0, 0.1) is 6.92 Å². The van der Waals surface area contributed by atoms with E-state index in [4.69, 9.17) is 0 Å². The van der Waals surface area contributed by atoms with Gasteiger partial charge < -0.3 is 4.57 Å². The molecule has 0 N–H and O–H groups in total. The molecule has 0 saturated carbocycles. The molecule has 0 fully saturated rings. The first-order chi connectivity index (χ1) is 13.6. The monoisotopic (exact) mass is 363 g/mol. The average Bonchev–Trinajstić information content (AvgIpc) is 3.01. The van der Waals surface area contributed by atoms with Gasteiger partial charge in [-0.1, -0.05) is 42.5 Å². The van der Waals surface area contributed by atoms with Crippen LogP contribution in [0.4, 0.5) is 0 Å². The van der Waals surface area contributed by atoms with E-state index in [1.54, 1.807) is 0 Å². The highest BCUT2D eigenvalue weighted by molar-refractivity contribution is 6.09. The maximum absolute atomic E-state index is 2.35. The number of pyridine rings is 1. The van der Waals surface area contributed by atoms with Crippen LogP contribution in [0.1, 0.15) is 5.56 Å². The van der Waals surface area contributed by atoms with Crippen molar-refractivity contribution in [1.82, 2.24) is 4.57 Å². The van der Waals surface area contributed by atoms with Gasteiger partial charge in [-0.2, -0.15) is 0 Å². The first kappa shape index (κ1) is 16.8. The number of hydrogen-bond donors (Lipinski definition) is 0. The van der Waals surface area contributed by atoms with Gasteiger partial charge >= 0.3 is 0 Å². The summed E-state index contributed by atoms with van der Waals surface area (Å²) in [6.07, 6.45) is 2.11. The smallest absolute Gasteiger partial charge is 0.213 e. The molecule has 0 radical (unpaired) electrons. The topological polar surface area (TPSA) is 8.81 Å². The molecule has 0 aliphatic heterocycles. The minimum Gasteiger partial charge on any atom is -0.344 e. The first-order valence-corrected chi connectivity index (χ1v) is 9.67. The van der Waals surface area contributed by atoms with E-state index in [1.807, 2.05) is 0 Å². The third-order valence-electron chi connectivity index (χ3n) is 5.81. The zero-order valence-electron chi connectivity index (χ0n) is 16.5. The summed E-state index contributed by atoms with van der Waals surface area (Å²) in [5.74, 6) is 0. The summed E-state index contributed by atoms with van der Waals surface area (Å²) in [6.45, 7) is 2.20. The van der Waals surface area contributed by atoms with Crippen molar-refractivity contribution in [1.29, 1.82) is 0 Å². The summed E-state index contributed by atoms with van der Waals surface area (Å²) < 4.78 is 4.48. The minimum absolute atomic E-state index is 1.23. The molecule has 0 atom stereocenters. The normalized spacial score (nSPS) is 11.4. The summed E-state index contributed by atoms with van der Waals surface area (Å²) in [6, 6.07) is 28.5. The van der Waals surface area contributed by atoms with E-state index < -0.39 is 0 Å². The van der Waals surface area contributed by atoms with Crippen molar-refractivity contribution in [2.24, 2.45) is 14.1 Å². The van der Waals surface area contributed by atoms with Crippen molar-refractivity contribution in [3.8, 4) is 22.4 Å². The highest BCUT2D eigenvalue weighted by Gasteiger charge is 2.18. The van der Waals surface area contributed by atoms with Gasteiger partial charge in [-0.3, -0.25) is 0 Å². The zero-order chi connectivity index (χ0) is 19.3. The molecule has 3 aromatic carbocycles. The number of benzene rings is 3. The predicted molar refractivity (Wildman–Crippen MR) is 117 cm³/mol. The molecule has 2 heterocycles. The van der Waals surface area contributed by atoms with Gasteiger partial charge in [-0.05, 0) is 47.9 Å². The van der Waals surface area contributed by atoms with Crippen molar-refractivity contribution in [3.05, 3.63) is 90.6 Å². The lowest BCUT2D eigenvalue weighted by Gasteiger charge is -2.12. The fraction of sp³-hybridized carbons (Fsp3) is 0.115. The van der Waals surface area contributed by atoms with Crippen LogP contribution in [0.15, 0.2) is 85.1 Å². The fourth-order valence-electron chi connectivity index (χ4n) is 4.37. The van der Waals surface area contributed by atoms with Crippen LogP contribution in [0.3, 0.4) is 0 Å². The highest BCUT2D eigenvalue weighted by atomic mass is 14.9. The van der Waals surface area contributed by atoms with Crippen LogP contribution in [0.25, 0.3) is 44.2 Å². The highest BCUT2D eigenvalue weighted by Crippen LogP contribution is 2.36. The Morgan fingerprint density at radius 3 is 2.39 bits per heavy atom. The molecule has 0 spiro atoms. The number of fused-ring (bicyclic) bond motifs is 3. The zero-order valence-corrected chi connectivity index (χ0v) is 16.5.